The predicted molar refractivity (Wildman–Crippen MR) is 85.4 cm³/mol. The molecule has 21 heavy (non-hydrogen) atoms. The lowest BCUT2D eigenvalue weighted by atomic mass is 10.0. The maximum atomic E-state index is 10.4. The van der Waals surface area contributed by atoms with Crippen molar-refractivity contribution in [3.05, 3.63) is 34.9 Å². The molecule has 0 radical (unpaired) electrons. The summed E-state index contributed by atoms with van der Waals surface area (Å²) in [7, 11) is 0. The van der Waals surface area contributed by atoms with Crippen LogP contribution in [0.3, 0.4) is 0 Å². The average Bonchev–Trinajstić information content (AvgIpc) is 2.43. The number of hydrogen-bond acceptors (Lipinski definition) is 4. The monoisotopic (exact) mass is 292 g/mol. The van der Waals surface area contributed by atoms with Crippen LogP contribution in [0.1, 0.15) is 29.7 Å². The molecule has 0 saturated carbocycles. The Kier molecular flexibility index (Phi) is 5.76. The number of hydrogen-bond donors (Lipinski definition) is 2. The van der Waals surface area contributed by atoms with Gasteiger partial charge in [0, 0.05) is 39.3 Å². The lowest BCUT2D eigenvalue weighted by Crippen LogP contribution is -2.49. The average molecular weight is 292 g/mol. The summed E-state index contributed by atoms with van der Waals surface area (Å²) in [4.78, 5) is 4.59. The molecule has 0 amide bonds. The molecule has 4 nitrogen and oxygen atoms in total. The summed E-state index contributed by atoms with van der Waals surface area (Å²) in [5, 5.41) is 19.8. The molecule has 0 bridgehead atoms. The van der Waals surface area contributed by atoms with Crippen LogP contribution >= 0.6 is 0 Å². The molecular formula is C17H28N2O2. The van der Waals surface area contributed by atoms with Crippen molar-refractivity contribution in [3.8, 4) is 0 Å². The first kappa shape index (κ1) is 16.4. The molecule has 2 rings (SSSR count). The minimum atomic E-state index is -0.424. The Labute approximate surface area is 128 Å². The zero-order valence-electron chi connectivity index (χ0n) is 13.4. The molecule has 1 aromatic carbocycles. The van der Waals surface area contributed by atoms with Crippen molar-refractivity contribution < 1.29 is 10.2 Å². The van der Waals surface area contributed by atoms with E-state index in [1.165, 1.54) is 11.1 Å². The molecule has 0 unspecified atom stereocenters. The van der Waals surface area contributed by atoms with E-state index in [2.05, 4.69) is 35.8 Å². The van der Waals surface area contributed by atoms with E-state index in [0.29, 0.717) is 6.54 Å². The van der Waals surface area contributed by atoms with Crippen molar-refractivity contribution in [2.45, 2.75) is 33.0 Å². The van der Waals surface area contributed by atoms with Crippen LogP contribution in [-0.2, 0) is 0 Å². The molecule has 1 aliphatic rings. The minimum absolute atomic E-state index is 0.266. The van der Waals surface area contributed by atoms with E-state index in [4.69, 9.17) is 0 Å². The molecule has 2 atom stereocenters. The van der Waals surface area contributed by atoms with E-state index in [1.54, 1.807) is 0 Å². The van der Waals surface area contributed by atoms with Crippen LogP contribution in [0.25, 0.3) is 0 Å². The molecule has 0 aliphatic carbocycles. The van der Waals surface area contributed by atoms with E-state index in [0.717, 1.165) is 38.3 Å². The second kappa shape index (κ2) is 7.36. The van der Waals surface area contributed by atoms with Gasteiger partial charge in [0.1, 0.15) is 0 Å². The van der Waals surface area contributed by atoms with Crippen molar-refractivity contribution in [2.75, 3.05) is 39.3 Å². The third-order valence-corrected chi connectivity index (χ3v) is 4.33. The molecule has 1 saturated heterocycles. The molecule has 0 spiro atoms. The summed E-state index contributed by atoms with van der Waals surface area (Å²) >= 11 is 0. The quantitative estimate of drug-likeness (QED) is 0.860. The molecular weight excluding hydrogens is 264 g/mol. The van der Waals surface area contributed by atoms with Crippen molar-refractivity contribution in [2.24, 2.45) is 0 Å². The normalized spacial score (nSPS) is 20.4. The molecule has 1 heterocycles. The number of aliphatic hydroxyl groups excluding tert-OH is 2. The molecule has 2 N–H and O–H groups in total. The highest BCUT2D eigenvalue weighted by Gasteiger charge is 2.20. The first-order valence-corrected chi connectivity index (χ1v) is 7.83. The summed E-state index contributed by atoms with van der Waals surface area (Å²) < 4.78 is 0. The van der Waals surface area contributed by atoms with Crippen LogP contribution in [-0.4, -0.2) is 65.4 Å². The van der Waals surface area contributed by atoms with Gasteiger partial charge >= 0.3 is 0 Å². The van der Waals surface area contributed by atoms with Crippen molar-refractivity contribution in [1.29, 1.82) is 0 Å². The number of β-amino-alcohol motifs (C(OH)–C–C–N with tert-alkyl or cyclic N) is 2. The van der Waals surface area contributed by atoms with Crippen LogP contribution in [0.2, 0.25) is 0 Å². The smallest absolute Gasteiger partial charge is 0.0917 e. The number of piperazine rings is 1. The number of nitrogens with zero attached hydrogens (tertiary/aromatic N) is 2. The van der Waals surface area contributed by atoms with E-state index in [9.17, 15) is 10.2 Å². The number of rotatable bonds is 5. The Morgan fingerprint density at radius 2 is 1.52 bits per heavy atom. The topological polar surface area (TPSA) is 46.9 Å². The van der Waals surface area contributed by atoms with Gasteiger partial charge in [-0.05, 0) is 37.5 Å². The molecule has 1 fully saturated rings. The first-order chi connectivity index (χ1) is 9.95. The number of aliphatic hydroxyl groups is 2. The minimum Gasteiger partial charge on any atom is -0.392 e. The van der Waals surface area contributed by atoms with Crippen LogP contribution in [0.4, 0.5) is 0 Å². The molecule has 0 aromatic heterocycles. The largest absolute Gasteiger partial charge is 0.392 e. The van der Waals surface area contributed by atoms with Crippen LogP contribution in [0, 0.1) is 13.8 Å². The van der Waals surface area contributed by atoms with Crippen molar-refractivity contribution in [1.82, 2.24) is 9.80 Å². The second-order valence-corrected chi connectivity index (χ2v) is 6.31. The van der Waals surface area contributed by atoms with E-state index in [1.807, 2.05) is 13.0 Å². The van der Waals surface area contributed by atoms with Gasteiger partial charge in [-0.1, -0.05) is 18.2 Å². The van der Waals surface area contributed by atoms with Crippen molar-refractivity contribution in [3.63, 3.8) is 0 Å². The fourth-order valence-corrected chi connectivity index (χ4v) is 2.85. The van der Waals surface area contributed by atoms with Crippen molar-refractivity contribution >= 4 is 0 Å². The van der Waals surface area contributed by atoms with E-state index >= 15 is 0 Å². The molecule has 1 aromatic rings. The summed E-state index contributed by atoms with van der Waals surface area (Å²) in [6.07, 6.45) is -0.690. The van der Waals surface area contributed by atoms with Crippen LogP contribution in [0.5, 0.6) is 0 Å². The zero-order chi connectivity index (χ0) is 15.4. The predicted octanol–water partition coefficient (Wildman–Crippen LogP) is 1.34. The first-order valence-electron chi connectivity index (χ1n) is 7.83. The maximum Gasteiger partial charge on any atom is 0.0917 e. The highest BCUT2D eigenvalue weighted by molar-refractivity contribution is 5.31. The SMILES string of the molecule is Cc1ccc([C@@H](O)CN2CCN(C[C@H](C)O)CC2)cc1C. The highest BCUT2D eigenvalue weighted by atomic mass is 16.3. The maximum absolute atomic E-state index is 10.4. The third-order valence-electron chi connectivity index (χ3n) is 4.33. The van der Waals surface area contributed by atoms with Gasteiger partial charge in [-0.2, -0.15) is 0 Å². The molecule has 118 valence electrons. The van der Waals surface area contributed by atoms with Crippen LogP contribution in [0.15, 0.2) is 18.2 Å². The van der Waals surface area contributed by atoms with Gasteiger partial charge < -0.3 is 10.2 Å². The van der Waals surface area contributed by atoms with Gasteiger partial charge in [0.15, 0.2) is 0 Å². The Balaban J connectivity index is 1.84. The molecule has 4 heteroatoms. The van der Waals surface area contributed by atoms with Crippen LogP contribution < -0.4 is 0 Å². The standard InChI is InChI=1S/C17H28N2O2/c1-13-4-5-16(10-14(13)2)17(21)12-19-8-6-18(7-9-19)11-15(3)20/h4-5,10,15,17,20-21H,6-9,11-12H2,1-3H3/t15-,17-/m0/s1. The van der Waals surface area contributed by atoms with Gasteiger partial charge in [-0.3, -0.25) is 9.80 Å². The lowest BCUT2D eigenvalue weighted by Gasteiger charge is -2.36. The summed E-state index contributed by atoms with van der Waals surface area (Å²) in [5.41, 5.74) is 3.50. The number of aryl methyl sites for hydroxylation is 2. The summed E-state index contributed by atoms with van der Waals surface area (Å²) in [6.45, 7) is 11.3. The van der Waals surface area contributed by atoms with Gasteiger partial charge in [0.2, 0.25) is 0 Å². The third kappa shape index (κ3) is 4.78. The van der Waals surface area contributed by atoms with Gasteiger partial charge in [0.05, 0.1) is 12.2 Å². The zero-order valence-corrected chi connectivity index (χ0v) is 13.4. The Morgan fingerprint density at radius 1 is 0.952 bits per heavy atom. The Hall–Kier alpha value is -0.940. The van der Waals surface area contributed by atoms with E-state index < -0.39 is 6.10 Å². The molecule has 1 aliphatic heterocycles. The van der Waals surface area contributed by atoms with Gasteiger partial charge in [0.25, 0.3) is 0 Å². The number of benzene rings is 1. The fourth-order valence-electron chi connectivity index (χ4n) is 2.85. The van der Waals surface area contributed by atoms with Gasteiger partial charge in [-0.15, -0.1) is 0 Å². The Morgan fingerprint density at radius 3 is 2.05 bits per heavy atom. The van der Waals surface area contributed by atoms with E-state index in [-0.39, 0.29) is 6.10 Å². The lowest BCUT2D eigenvalue weighted by molar-refractivity contribution is 0.0526. The Bertz CT molecular complexity index is 454. The van der Waals surface area contributed by atoms with Gasteiger partial charge in [-0.25, -0.2) is 0 Å². The highest BCUT2D eigenvalue weighted by Crippen LogP contribution is 2.18. The summed E-state index contributed by atoms with van der Waals surface area (Å²) in [6, 6.07) is 6.19. The second-order valence-electron chi connectivity index (χ2n) is 6.31. The fraction of sp³-hybridized carbons (Fsp3) is 0.647. The summed E-state index contributed by atoms with van der Waals surface area (Å²) in [5.74, 6) is 0.